The lowest BCUT2D eigenvalue weighted by molar-refractivity contribution is 0.673. The summed E-state index contributed by atoms with van der Waals surface area (Å²) in [4.78, 5) is 15.0. The number of hydrogen-bond acceptors (Lipinski definition) is 4. The highest BCUT2D eigenvalue weighted by Gasteiger charge is 2.24. The van der Waals surface area contributed by atoms with Crippen LogP contribution in [0.15, 0.2) is 126 Å². The molecule has 0 aliphatic carbocycles. The number of aromatic nitrogens is 4. The molecule has 0 atom stereocenters. The Balaban J connectivity index is 1.54. The summed E-state index contributed by atoms with van der Waals surface area (Å²) in [5, 5.41) is 6.66. The Kier molecular flexibility index (Phi) is 4.27. The maximum atomic E-state index is 6.52. The highest BCUT2D eigenvalue weighted by atomic mass is 16.3. The van der Waals surface area contributed by atoms with Crippen molar-refractivity contribution in [2.75, 3.05) is 0 Å². The average molecular weight is 513 g/mol. The van der Waals surface area contributed by atoms with E-state index in [2.05, 4.69) is 82.3 Å². The number of furan rings is 1. The Labute approximate surface area is 228 Å². The van der Waals surface area contributed by atoms with Crippen LogP contribution < -0.4 is 0 Å². The van der Waals surface area contributed by atoms with Crippen molar-refractivity contribution in [2.45, 2.75) is 0 Å². The van der Waals surface area contributed by atoms with Gasteiger partial charge in [-0.15, -0.1) is 0 Å². The van der Waals surface area contributed by atoms with Crippen LogP contribution in [0.4, 0.5) is 0 Å². The molecule has 0 aliphatic rings. The van der Waals surface area contributed by atoms with Crippen molar-refractivity contribution in [2.24, 2.45) is 0 Å². The Morgan fingerprint density at radius 3 is 2.17 bits per heavy atom. The lowest BCUT2D eigenvalue weighted by Gasteiger charge is -2.12. The molecule has 0 saturated carbocycles. The molecule has 9 rings (SSSR count). The van der Waals surface area contributed by atoms with Gasteiger partial charge in [-0.3, -0.25) is 9.55 Å². The average Bonchev–Trinajstić information content (AvgIpc) is 3.58. The van der Waals surface area contributed by atoms with Gasteiger partial charge in [-0.2, -0.15) is 0 Å². The predicted molar refractivity (Wildman–Crippen MR) is 162 cm³/mol. The van der Waals surface area contributed by atoms with Gasteiger partial charge in [0.1, 0.15) is 22.4 Å². The van der Waals surface area contributed by atoms with Gasteiger partial charge in [0.05, 0.1) is 16.6 Å². The topological polar surface area (TPSA) is 56.7 Å². The monoisotopic (exact) mass is 512 g/mol. The van der Waals surface area contributed by atoms with E-state index in [0.717, 1.165) is 76.8 Å². The molecule has 0 bridgehead atoms. The molecule has 0 unspecified atom stereocenters. The third kappa shape index (κ3) is 2.83. The standard InChI is InChI=1S/C35H20N4O/c1-2-11-21(12-3-1)31-32-26(17-10-20-36-32)37-35(38-31)39-27-18-8-6-15-24(27)29-30-25-16-7-9-19-28(25)40-34(30)23-14-5-4-13-22(23)33(29)39/h1-20H. The fraction of sp³-hybridized carbons (Fsp3) is 0. The van der Waals surface area contributed by atoms with E-state index in [1.54, 1.807) is 6.20 Å². The molecule has 0 saturated heterocycles. The summed E-state index contributed by atoms with van der Waals surface area (Å²) in [6.07, 6.45) is 1.80. The number of benzene rings is 5. The fourth-order valence-electron chi connectivity index (χ4n) is 6.18. The number of fused-ring (bicyclic) bond motifs is 11. The number of hydrogen-bond donors (Lipinski definition) is 0. The second kappa shape index (κ2) is 7.98. The van der Waals surface area contributed by atoms with Gasteiger partial charge in [0.2, 0.25) is 5.95 Å². The summed E-state index contributed by atoms with van der Waals surface area (Å²) < 4.78 is 8.74. The maximum Gasteiger partial charge on any atom is 0.235 e. The third-order valence-electron chi connectivity index (χ3n) is 7.84. The molecule has 5 nitrogen and oxygen atoms in total. The van der Waals surface area contributed by atoms with Gasteiger partial charge >= 0.3 is 0 Å². The lowest BCUT2D eigenvalue weighted by atomic mass is 9.99. The molecule has 5 aromatic carbocycles. The van der Waals surface area contributed by atoms with E-state index in [1.807, 2.05) is 42.5 Å². The molecule has 0 radical (unpaired) electrons. The van der Waals surface area contributed by atoms with E-state index in [9.17, 15) is 0 Å². The van der Waals surface area contributed by atoms with Crippen LogP contribution in [-0.4, -0.2) is 19.5 Å². The summed E-state index contributed by atoms with van der Waals surface area (Å²) in [6.45, 7) is 0. The molecule has 4 heterocycles. The van der Waals surface area contributed by atoms with E-state index in [0.29, 0.717) is 5.95 Å². The Hall–Kier alpha value is -5.55. The number of nitrogens with zero attached hydrogens (tertiary/aromatic N) is 4. The van der Waals surface area contributed by atoms with Crippen molar-refractivity contribution in [3.63, 3.8) is 0 Å². The Bertz CT molecular complexity index is 2440. The van der Waals surface area contributed by atoms with Crippen LogP contribution in [0.25, 0.3) is 82.8 Å². The van der Waals surface area contributed by atoms with Crippen LogP contribution in [0.2, 0.25) is 0 Å². The van der Waals surface area contributed by atoms with E-state index < -0.39 is 0 Å². The summed E-state index contributed by atoms with van der Waals surface area (Å²) in [5.41, 5.74) is 7.30. The summed E-state index contributed by atoms with van der Waals surface area (Å²) in [6, 6.07) is 39.4. The highest BCUT2D eigenvalue weighted by Crippen LogP contribution is 2.45. The maximum absolute atomic E-state index is 6.52. The van der Waals surface area contributed by atoms with Crippen molar-refractivity contribution >= 4 is 65.6 Å². The Morgan fingerprint density at radius 2 is 1.30 bits per heavy atom. The first-order valence-corrected chi connectivity index (χ1v) is 13.3. The van der Waals surface area contributed by atoms with Crippen LogP contribution in [-0.2, 0) is 0 Å². The highest BCUT2D eigenvalue weighted by molar-refractivity contribution is 6.35. The molecule has 0 spiro atoms. The third-order valence-corrected chi connectivity index (χ3v) is 7.84. The van der Waals surface area contributed by atoms with Gasteiger partial charge in [-0.1, -0.05) is 91.0 Å². The number of para-hydroxylation sites is 2. The van der Waals surface area contributed by atoms with Crippen molar-refractivity contribution < 1.29 is 4.42 Å². The van der Waals surface area contributed by atoms with Crippen LogP contribution in [0, 0.1) is 0 Å². The van der Waals surface area contributed by atoms with Crippen LogP contribution >= 0.6 is 0 Å². The summed E-state index contributed by atoms with van der Waals surface area (Å²) in [5.74, 6) is 0.614. The first kappa shape index (κ1) is 21.4. The first-order valence-electron chi connectivity index (χ1n) is 13.3. The van der Waals surface area contributed by atoms with Crippen LogP contribution in [0.1, 0.15) is 0 Å². The molecule has 40 heavy (non-hydrogen) atoms. The molecule has 0 aliphatic heterocycles. The zero-order valence-electron chi connectivity index (χ0n) is 21.2. The van der Waals surface area contributed by atoms with Gasteiger partial charge in [0, 0.05) is 44.1 Å². The van der Waals surface area contributed by atoms with E-state index in [1.165, 1.54) is 0 Å². The predicted octanol–water partition coefficient (Wildman–Crippen LogP) is 8.84. The Morgan fingerprint density at radius 1 is 0.575 bits per heavy atom. The molecule has 9 aromatic rings. The molecular weight excluding hydrogens is 492 g/mol. The zero-order valence-corrected chi connectivity index (χ0v) is 21.2. The fourth-order valence-corrected chi connectivity index (χ4v) is 6.18. The van der Waals surface area contributed by atoms with Crippen LogP contribution in [0.5, 0.6) is 0 Å². The molecule has 0 fully saturated rings. The second-order valence-electron chi connectivity index (χ2n) is 10.0. The minimum Gasteiger partial charge on any atom is -0.455 e. The van der Waals surface area contributed by atoms with Crippen LogP contribution in [0.3, 0.4) is 0 Å². The molecule has 0 amide bonds. The smallest absolute Gasteiger partial charge is 0.235 e. The quantitative estimate of drug-likeness (QED) is 0.232. The van der Waals surface area contributed by atoms with Gasteiger partial charge < -0.3 is 4.42 Å². The molecular formula is C35H20N4O. The lowest BCUT2D eigenvalue weighted by Crippen LogP contribution is -2.04. The van der Waals surface area contributed by atoms with E-state index in [-0.39, 0.29) is 0 Å². The summed E-state index contributed by atoms with van der Waals surface area (Å²) >= 11 is 0. The molecule has 5 heteroatoms. The van der Waals surface area contributed by atoms with Gasteiger partial charge in [0.15, 0.2) is 0 Å². The minimum atomic E-state index is 0.614. The van der Waals surface area contributed by atoms with Crippen molar-refractivity contribution in [1.82, 2.24) is 19.5 Å². The minimum absolute atomic E-state index is 0.614. The van der Waals surface area contributed by atoms with E-state index in [4.69, 9.17) is 14.4 Å². The first-order chi connectivity index (χ1) is 19.9. The summed E-state index contributed by atoms with van der Waals surface area (Å²) in [7, 11) is 0. The van der Waals surface area contributed by atoms with E-state index >= 15 is 0 Å². The van der Waals surface area contributed by atoms with Gasteiger partial charge in [-0.05, 0) is 24.3 Å². The number of pyridine rings is 1. The SMILES string of the molecule is c1ccc(-c2nc(-n3c4ccccc4c4c5c6ccccc6oc5c5ccccc5c43)nc3cccnc23)cc1. The van der Waals surface area contributed by atoms with Crippen molar-refractivity contribution in [3.05, 3.63) is 121 Å². The molecule has 4 aromatic heterocycles. The van der Waals surface area contributed by atoms with Gasteiger partial charge in [0.25, 0.3) is 0 Å². The largest absolute Gasteiger partial charge is 0.455 e. The molecule has 0 N–H and O–H groups in total. The van der Waals surface area contributed by atoms with Crippen molar-refractivity contribution in [3.8, 4) is 17.2 Å². The van der Waals surface area contributed by atoms with Gasteiger partial charge in [-0.25, -0.2) is 9.97 Å². The zero-order chi connectivity index (χ0) is 26.2. The normalized spacial score (nSPS) is 12.0. The number of rotatable bonds is 2. The second-order valence-corrected chi connectivity index (χ2v) is 10.0. The molecule has 186 valence electrons. The van der Waals surface area contributed by atoms with Crippen molar-refractivity contribution in [1.29, 1.82) is 0 Å².